The molecule has 2 amide bonds. The van der Waals surface area contributed by atoms with Crippen molar-refractivity contribution in [1.82, 2.24) is 14.7 Å². The predicted octanol–water partition coefficient (Wildman–Crippen LogP) is 5.59. The third-order valence-corrected chi connectivity index (χ3v) is 5.81. The lowest BCUT2D eigenvalue weighted by Crippen LogP contribution is -2.39. The van der Waals surface area contributed by atoms with Crippen LogP contribution in [0.4, 0.5) is 10.2 Å². The average molecular weight is 495 g/mol. The molecule has 0 unspecified atom stereocenters. The molecule has 1 N–H and O–H groups in total. The van der Waals surface area contributed by atoms with Gasteiger partial charge >= 0.3 is 0 Å². The van der Waals surface area contributed by atoms with Crippen LogP contribution in [0.15, 0.2) is 54.6 Å². The minimum absolute atomic E-state index is 0.126. The minimum Gasteiger partial charge on any atom is -0.497 e. The number of hydrogen-bond donors (Lipinski definition) is 1. The van der Waals surface area contributed by atoms with Crippen molar-refractivity contribution in [3.8, 4) is 11.4 Å². The van der Waals surface area contributed by atoms with E-state index in [4.69, 9.17) is 9.84 Å². The summed E-state index contributed by atoms with van der Waals surface area (Å²) >= 11 is 0. The van der Waals surface area contributed by atoms with Crippen LogP contribution in [-0.4, -0.2) is 46.7 Å². The van der Waals surface area contributed by atoms with Crippen LogP contribution in [0.5, 0.6) is 5.75 Å². The van der Waals surface area contributed by atoms with E-state index in [0.29, 0.717) is 17.9 Å². The van der Waals surface area contributed by atoms with Crippen LogP contribution in [0.3, 0.4) is 0 Å². The molecule has 7 nitrogen and oxygen atoms in total. The highest BCUT2D eigenvalue weighted by molar-refractivity contribution is 5.99. The molecular weight excluding hydrogens is 459 g/mol. The maximum absolute atomic E-state index is 13.4. The number of nitrogens with one attached hydrogen (secondary N) is 1. The van der Waals surface area contributed by atoms with Crippen molar-refractivity contribution < 1.29 is 18.7 Å². The first-order valence-corrected chi connectivity index (χ1v) is 12.2. The van der Waals surface area contributed by atoms with Crippen LogP contribution in [0.25, 0.3) is 5.69 Å². The van der Waals surface area contributed by atoms with Crippen molar-refractivity contribution in [1.29, 1.82) is 0 Å². The first kappa shape index (κ1) is 26.9. The van der Waals surface area contributed by atoms with E-state index in [9.17, 15) is 14.0 Å². The van der Waals surface area contributed by atoms with E-state index >= 15 is 0 Å². The number of aromatic nitrogens is 2. The van der Waals surface area contributed by atoms with Gasteiger partial charge < -0.3 is 15.0 Å². The Morgan fingerprint density at radius 3 is 2.31 bits per heavy atom. The average Bonchev–Trinajstić information content (AvgIpc) is 3.28. The molecule has 3 rings (SSSR count). The van der Waals surface area contributed by atoms with Crippen molar-refractivity contribution >= 4 is 17.6 Å². The lowest BCUT2D eigenvalue weighted by atomic mass is 9.92. The molecular formula is C28H35FN4O3. The first-order valence-electron chi connectivity index (χ1n) is 12.2. The van der Waals surface area contributed by atoms with E-state index in [0.717, 1.165) is 36.4 Å². The maximum Gasteiger partial charge on any atom is 0.254 e. The fourth-order valence-corrected chi connectivity index (χ4v) is 3.69. The number of anilines is 1. The summed E-state index contributed by atoms with van der Waals surface area (Å²) < 4.78 is 20.3. The largest absolute Gasteiger partial charge is 0.497 e. The highest BCUT2D eigenvalue weighted by Crippen LogP contribution is 2.27. The molecule has 1 heterocycles. The number of amides is 2. The highest BCUT2D eigenvalue weighted by Gasteiger charge is 2.23. The summed E-state index contributed by atoms with van der Waals surface area (Å²) in [6, 6.07) is 14.6. The van der Waals surface area contributed by atoms with Gasteiger partial charge in [-0.05, 0) is 55.0 Å². The van der Waals surface area contributed by atoms with Gasteiger partial charge in [-0.2, -0.15) is 5.10 Å². The quantitative estimate of drug-likeness (QED) is 0.373. The van der Waals surface area contributed by atoms with Gasteiger partial charge in [-0.15, -0.1) is 0 Å². The molecule has 1 aromatic heterocycles. The third kappa shape index (κ3) is 6.93. The molecule has 0 bridgehead atoms. The molecule has 0 fully saturated rings. The van der Waals surface area contributed by atoms with Crippen LogP contribution in [0.2, 0.25) is 0 Å². The van der Waals surface area contributed by atoms with Gasteiger partial charge in [0.2, 0.25) is 5.91 Å². The number of hydrogen-bond acceptors (Lipinski definition) is 4. The first-order chi connectivity index (χ1) is 17.1. The lowest BCUT2D eigenvalue weighted by molar-refractivity contribution is -0.117. The molecule has 0 saturated carbocycles. The molecule has 0 radical (unpaired) electrons. The molecule has 192 valence electrons. The zero-order chi connectivity index (χ0) is 26.3. The third-order valence-electron chi connectivity index (χ3n) is 5.81. The number of halogens is 1. The van der Waals surface area contributed by atoms with Crippen molar-refractivity contribution in [2.75, 3.05) is 25.5 Å². The van der Waals surface area contributed by atoms with Crippen LogP contribution < -0.4 is 10.1 Å². The fourth-order valence-electron chi connectivity index (χ4n) is 3.69. The second-order valence-electron chi connectivity index (χ2n) is 9.76. The van der Waals surface area contributed by atoms with E-state index in [-0.39, 0.29) is 23.8 Å². The van der Waals surface area contributed by atoms with Gasteiger partial charge in [0, 0.05) is 23.6 Å². The summed E-state index contributed by atoms with van der Waals surface area (Å²) in [5.74, 6) is 0.174. The number of carbonyl (C=O) groups excluding carboxylic acids is 2. The minimum atomic E-state index is -0.414. The Bertz CT molecular complexity index is 1170. The number of unbranched alkanes of at least 4 members (excludes halogenated alkanes) is 2. The van der Waals surface area contributed by atoms with Gasteiger partial charge in [0.25, 0.3) is 5.91 Å². The lowest BCUT2D eigenvalue weighted by Gasteiger charge is -2.22. The van der Waals surface area contributed by atoms with Crippen LogP contribution in [0.1, 0.15) is 63.0 Å². The fraction of sp³-hybridized carbons (Fsp3) is 0.393. The van der Waals surface area contributed by atoms with Crippen molar-refractivity contribution in [3.05, 3.63) is 71.7 Å². The highest BCUT2D eigenvalue weighted by atomic mass is 19.1. The Labute approximate surface area is 212 Å². The van der Waals surface area contributed by atoms with Crippen molar-refractivity contribution in [2.45, 2.75) is 52.4 Å². The van der Waals surface area contributed by atoms with Gasteiger partial charge in [-0.3, -0.25) is 9.59 Å². The van der Waals surface area contributed by atoms with Crippen LogP contribution in [-0.2, 0) is 10.2 Å². The summed E-state index contributed by atoms with van der Waals surface area (Å²) in [5.41, 5.74) is 1.70. The second-order valence-corrected chi connectivity index (χ2v) is 9.76. The molecule has 0 aliphatic carbocycles. The molecule has 36 heavy (non-hydrogen) atoms. The van der Waals surface area contributed by atoms with E-state index in [1.54, 1.807) is 11.8 Å². The van der Waals surface area contributed by atoms with Crippen molar-refractivity contribution in [2.24, 2.45) is 0 Å². The number of ether oxygens (including phenoxy) is 1. The summed E-state index contributed by atoms with van der Waals surface area (Å²) in [6.45, 7) is 8.54. The van der Waals surface area contributed by atoms with Gasteiger partial charge in [0.15, 0.2) is 0 Å². The van der Waals surface area contributed by atoms with Gasteiger partial charge in [0.05, 0.1) is 18.5 Å². The van der Waals surface area contributed by atoms with Gasteiger partial charge in [0.1, 0.15) is 23.9 Å². The molecule has 0 atom stereocenters. The molecule has 3 aromatic rings. The van der Waals surface area contributed by atoms with E-state index in [1.807, 2.05) is 30.3 Å². The summed E-state index contributed by atoms with van der Waals surface area (Å²) in [5, 5.41) is 7.68. The number of rotatable bonds is 10. The normalized spacial score (nSPS) is 11.3. The van der Waals surface area contributed by atoms with Gasteiger partial charge in [-0.1, -0.05) is 40.5 Å². The second kappa shape index (κ2) is 11.8. The summed E-state index contributed by atoms with van der Waals surface area (Å²) in [4.78, 5) is 27.8. The molecule has 0 aliphatic rings. The van der Waals surface area contributed by atoms with Crippen LogP contribution in [0, 0.1) is 5.82 Å². The van der Waals surface area contributed by atoms with E-state index in [2.05, 4.69) is 33.0 Å². The molecule has 0 saturated heterocycles. The standard InChI is InChI=1S/C28H35FN4O3/c1-6-7-8-17-32(27(35)20-9-11-21(29)12-10-20)19-26(34)30-25-18-24(28(2,3)4)31-33(25)22-13-15-23(36-5)16-14-22/h9-16,18H,6-8,17,19H2,1-5H3,(H,30,34). The smallest absolute Gasteiger partial charge is 0.254 e. The topological polar surface area (TPSA) is 76.5 Å². The Hall–Kier alpha value is -3.68. The summed E-state index contributed by atoms with van der Waals surface area (Å²) in [7, 11) is 1.60. The monoisotopic (exact) mass is 494 g/mol. The van der Waals surface area contributed by atoms with Gasteiger partial charge in [-0.25, -0.2) is 9.07 Å². The van der Waals surface area contributed by atoms with Crippen LogP contribution >= 0.6 is 0 Å². The molecule has 0 aliphatic heterocycles. The maximum atomic E-state index is 13.4. The Morgan fingerprint density at radius 1 is 1.06 bits per heavy atom. The molecule has 2 aromatic carbocycles. The Kier molecular flexibility index (Phi) is 8.85. The molecule has 0 spiro atoms. The SMILES string of the molecule is CCCCCN(CC(=O)Nc1cc(C(C)(C)C)nn1-c1ccc(OC)cc1)C(=O)c1ccc(F)cc1. The Balaban J connectivity index is 1.84. The zero-order valence-corrected chi connectivity index (χ0v) is 21.7. The van der Waals surface area contributed by atoms with E-state index < -0.39 is 5.82 Å². The number of methoxy groups -OCH3 is 1. The van der Waals surface area contributed by atoms with Crippen molar-refractivity contribution in [3.63, 3.8) is 0 Å². The Morgan fingerprint density at radius 2 is 1.72 bits per heavy atom. The number of benzene rings is 2. The predicted molar refractivity (Wildman–Crippen MR) is 139 cm³/mol. The van der Waals surface area contributed by atoms with E-state index in [1.165, 1.54) is 29.2 Å². The molecule has 8 heteroatoms. The summed E-state index contributed by atoms with van der Waals surface area (Å²) in [6.07, 6.45) is 2.70. The zero-order valence-electron chi connectivity index (χ0n) is 21.7. The number of nitrogens with zero attached hydrogens (tertiary/aromatic N) is 3. The number of carbonyl (C=O) groups is 2.